The molecule has 1 saturated heterocycles. The lowest BCUT2D eigenvalue weighted by atomic mass is 9.99. The largest absolute Gasteiger partial charge is 0.329 e. The molecule has 0 bridgehead atoms. The molecule has 1 fully saturated rings. The zero-order valence-electron chi connectivity index (χ0n) is 7.87. The molecule has 0 aromatic carbocycles. The molecule has 1 aliphatic rings. The second kappa shape index (κ2) is 3.87. The fourth-order valence-corrected chi connectivity index (χ4v) is 3.16. The molecule has 0 saturated carbocycles. The van der Waals surface area contributed by atoms with Crippen LogP contribution in [0.3, 0.4) is 0 Å². The van der Waals surface area contributed by atoms with Crippen molar-refractivity contribution in [3.05, 3.63) is 29.8 Å². The summed E-state index contributed by atoms with van der Waals surface area (Å²) in [6.07, 6.45) is 3.49. The number of rotatable bonds is 2. The van der Waals surface area contributed by atoms with E-state index in [0.717, 1.165) is 17.9 Å². The van der Waals surface area contributed by atoms with E-state index in [-0.39, 0.29) is 10.6 Å². The molecular weight excluding hydrogens is 199 g/mol. The number of halogens is 1. The monoisotopic (exact) mass is 212 g/mol. The lowest BCUT2D eigenvalue weighted by Crippen LogP contribution is -2.30. The van der Waals surface area contributed by atoms with Crippen LogP contribution in [0.15, 0.2) is 18.3 Å². The topological polar surface area (TPSA) is 38.9 Å². The Morgan fingerprint density at radius 2 is 2.43 bits per heavy atom. The molecule has 2 rings (SSSR count). The highest BCUT2D eigenvalue weighted by Crippen LogP contribution is 2.44. The van der Waals surface area contributed by atoms with Crippen LogP contribution in [0.5, 0.6) is 0 Å². The van der Waals surface area contributed by atoms with Crippen LogP contribution < -0.4 is 5.73 Å². The van der Waals surface area contributed by atoms with E-state index < -0.39 is 0 Å². The molecule has 76 valence electrons. The van der Waals surface area contributed by atoms with Crippen LogP contribution in [0.4, 0.5) is 4.39 Å². The Morgan fingerprint density at radius 3 is 2.93 bits per heavy atom. The molecule has 1 aliphatic heterocycles. The van der Waals surface area contributed by atoms with Gasteiger partial charge in [-0.3, -0.25) is 4.98 Å². The highest BCUT2D eigenvalue weighted by atomic mass is 32.2. The molecule has 0 aliphatic carbocycles. The van der Waals surface area contributed by atoms with Crippen LogP contribution in [0.1, 0.15) is 18.5 Å². The summed E-state index contributed by atoms with van der Waals surface area (Å²) in [5.41, 5.74) is 6.70. The first-order valence-electron chi connectivity index (χ1n) is 4.73. The molecule has 2 nitrogen and oxygen atoms in total. The smallest absolute Gasteiger partial charge is 0.141 e. The van der Waals surface area contributed by atoms with Gasteiger partial charge in [0.15, 0.2) is 0 Å². The third-order valence-corrected chi connectivity index (χ3v) is 4.25. The highest BCUT2D eigenvalue weighted by Gasteiger charge is 2.36. The number of nitrogens with two attached hydrogens (primary N) is 1. The van der Waals surface area contributed by atoms with Crippen molar-refractivity contribution in [2.75, 3.05) is 12.3 Å². The molecule has 1 aromatic heterocycles. The number of aromatic nitrogens is 1. The van der Waals surface area contributed by atoms with Gasteiger partial charge in [0.1, 0.15) is 5.82 Å². The Labute approximate surface area is 87.1 Å². The van der Waals surface area contributed by atoms with Crippen molar-refractivity contribution in [3.8, 4) is 0 Å². The minimum atomic E-state index is -0.288. The van der Waals surface area contributed by atoms with Gasteiger partial charge in [0.2, 0.25) is 0 Å². The first kappa shape index (κ1) is 9.93. The SMILES string of the molecule is NCC1(c2ccc(F)cn2)CCCS1. The average Bonchev–Trinajstić information content (AvgIpc) is 2.68. The van der Waals surface area contributed by atoms with E-state index in [1.54, 1.807) is 6.07 Å². The fourth-order valence-electron chi connectivity index (χ4n) is 1.81. The molecule has 1 unspecified atom stereocenters. The standard InChI is InChI=1S/C10H13FN2S/c11-8-2-3-9(13-6-8)10(7-12)4-1-5-14-10/h2-3,6H,1,4-5,7,12H2. The van der Waals surface area contributed by atoms with E-state index in [2.05, 4.69) is 4.98 Å². The minimum Gasteiger partial charge on any atom is -0.329 e. The Kier molecular flexibility index (Phi) is 2.74. The predicted octanol–water partition coefficient (Wildman–Crippen LogP) is 1.90. The number of nitrogens with zero attached hydrogens (tertiary/aromatic N) is 1. The summed E-state index contributed by atoms with van der Waals surface area (Å²) in [5, 5.41) is 0. The van der Waals surface area contributed by atoms with Gasteiger partial charge in [0.25, 0.3) is 0 Å². The van der Waals surface area contributed by atoms with Gasteiger partial charge in [0.05, 0.1) is 16.6 Å². The molecule has 14 heavy (non-hydrogen) atoms. The van der Waals surface area contributed by atoms with Gasteiger partial charge < -0.3 is 5.73 Å². The maximum Gasteiger partial charge on any atom is 0.141 e. The van der Waals surface area contributed by atoms with Gasteiger partial charge in [-0.15, -0.1) is 11.8 Å². The van der Waals surface area contributed by atoms with Gasteiger partial charge in [-0.05, 0) is 30.7 Å². The van der Waals surface area contributed by atoms with Crippen LogP contribution in [-0.2, 0) is 4.75 Å². The van der Waals surface area contributed by atoms with Gasteiger partial charge in [-0.2, -0.15) is 0 Å². The molecule has 4 heteroatoms. The van der Waals surface area contributed by atoms with Crippen molar-refractivity contribution in [1.29, 1.82) is 0 Å². The highest BCUT2D eigenvalue weighted by molar-refractivity contribution is 8.00. The van der Waals surface area contributed by atoms with E-state index in [4.69, 9.17) is 5.73 Å². The van der Waals surface area contributed by atoms with E-state index in [0.29, 0.717) is 6.54 Å². The van der Waals surface area contributed by atoms with E-state index in [1.165, 1.54) is 18.7 Å². The fraction of sp³-hybridized carbons (Fsp3) is 0.500. The Hall–Kier alpha value is -0.610. The number of pyridine rings is 1. The quantitative estimate of drug-likeness (QED) is 0.813. The summed E-state index contributed by atoms with van der Waals surface area (Å²) in [4.78, 5) is 4.13. The molecule has 0 spiro atoms. The first-order valence-corrected chi connectivity index (χ1v) is 5.71. The van der Waals surface area contributed by atoms with Gasteiger partial charge in [0, 0.05) is 6.54 Å². The van der Waals surface area contributed by atoms with Crippen LogP contribution in [0, 0.1) is 5.82 Å². The van der Waals surface area contributed by atoms with Crippen molar-refractivity contribution in [1.82, 2.24) is 4.98 Å². The molecule has 0 amide bonds. The number of hydrogen-bond acceptors (Lipinski definition) is 3. The molecule has 1 aromatic rings. The van der Waals surface area contributed by atoms with Crippen molar-refractivity contribution in [2.45, 2.75) is 17.6 Å². The lowest BCUT2D eigenvalue weighted by Gasteiger charge is -2.25. The van der Waals surface area contributed by atoms with E-state index in [9.17, 15) is 4.39 Å². The zero-order valence-corrected chi connectivity index (χ0v) is 8.69. The minimum absolute atomic E-state index is 0.0618. The van der Waals surface area contributed by atoms with Crippen molar-refractivity contribution >= 4 is 11.8 Å². The molecular formula is C10H13FN2S. The molecule has 2 N–H and O–H groups in total. The summed E-state index contributed by atoms with van der Waals surface area (Å²) in [6, 6.07) is 3.21. The maximum absolute atomic E-state index is 12.7. The van der Waals surface area contributed by atoms with Crippen LogP contribution in [0.25, 0.3) is 0 Å². The molecule has 1 atom stereocenters. The van der Waals surface area contributed by atoms with Crippen LogP contribution in [0.2, 0.25) is 0 Å². The first-order chi connectivity index (χ1) is 6.77. The van der Waals surface area contributed by atoms with Crippen LogP contribution >= 0.6 is 11.8 Å². The second-order valence-electron chi connectivity index (χ2n) is 3.51. The average molecular weight is 212 g/mol. The second-order valence-corrected chi connectivity index (χ2v) is 4.99. The predicted molar refractivity (Wildman–Crippen MR) is 56.6 cm³/mol. The van der Waals surface area contributed by atoms with E-state index >= 15 is 0 Å². The third-order valence-electron chi connectivity index (χ3n) is 2.63. The number of hydrogen-bond donors (Lipinski definition) is 1. The van der Waals surface area contributed by atoms with Crippen molar-refractivity contribution in [2.24, 2.45) is 5.73 Å². The third kappa shape index (κ3) is 1.64. The maximum atomic E-state index is 12.7. The van der Waals surface area contributed by atoms with Gasteiger partial charge >= 0.3 is 0 Å². The van der Waals surface area contributed by atoms with Crippen molar-refractivity contribution < 1.29 is 4.39 Å². The van der Waals surface area contributed by atoms with Gasteiger partial charge in [-0.1, -0.05) is 0 Å². The lowest BCUT2D eigenvalue weighted by molar-refractivity contribution is 0.571. The number of thioether (sulfide) groups is 1. The summed E-state index contributed by atoms with van der Waals surface area (Å²) in [7, 11) is 0. The Bertz CT molecular complexity index is 306. The summed E-state index contributed by atoms with van der Waals surface area (Å²) in [6.45, 7) is 0.580. The summed E-state index contributed by atoms with van der Waals surface area (Å²) in [5.74, 6) is 0.833. The Balaban J connectivity index is 2.31. The normalized spacial score (nSPS) is 26.7. The molecule has 0 radical (unpaired) electrons. The van der Waals surface area contributed by atoms with Crippen LogP contribution in [-0.4, -0.2) is 17.3 Å². The van der Waals surface area contributed by atoms with Gasteiger partial charge in [-0.25, -0.2) is 4.39 Å². The van der Waals surface area contributed by atoms with E-state index in [1.807, 2.05) is 11.8 Å². The zero-order chi connectivity index (χ0) is 10.0. The van der Waals surface area contributed by atoms with Crippen molar-refractivity contribution in [3.63, 3.8) is 0 Å². The molecule has 2 heterocycles. The Morgan fingerprint density at radius 1 is 1.57 bits per heavy atom. The summed E-state index contributed by atoms with van der Waals surface area (Å²) < 4.78 is 12.6. The summed E-state index contributed by atoms with van der Waals surface area (Å²) >= 11 is 1.84.